The number of benzene rings is 1. The fourth-order valence-corrected chi connectivity index (χ4v) is 5.50. The summed E-state index contributed by atoms with van der Waals surface area (Å²) in [4.78, 5) is 0.288. The lowest BCUT2D eigenvalue weighted by Gasteiger charge is -2.32. The van der Waals surface area contributed by atoms with Crippen LogP contribution in [-0.2, 0) is 10.0 Å². The fraction of sp³-hybridized carbons (Fsp3) is 0.538. The van der Waals surface area contributed by atoms with Crippen molar-refractivity contribution in [1.29, 1.82) is 0 Å². The average molecular weight is 427 g/mol. The van der Waals surface area contributed by atoms with Crippen LogP contribution in [0.1, 0.15) is 19.3 Å². The minimum atomic E-state index is -3.49. The van der Waals surface area contributed by atoms with Crippen molar-refractivity contribution in [3.8, 4) is 0 Å². The molecular weight excluding hydrogens is 410 g/mol. The molecule has 2 rings (SSSR count). The van der Waals surface area contributed by atoms with Crippen molar-refractivity contribution in [2.45, 2.75) is 24.2 Å². The molecule has 7 heteroatoms. The van der Waals surface area contributed by atoms with Crippen LogP contribution in [0.25, 0.3) is 0 Å². The molecule has 1 aliphatic rings. The predicted molar refractivity (Wildman–Crippen MR) is 85.0 cm³/mol. The van der Waals surface area contributed by atoms with E-state index in [0.717, 1.165) is 17.3 Å². The van der Waals surface area contributed by atoms with Gasteiger partial charge in [0.15, 0.2) is 0 Å². The summed E-state index contributed by atoms with van der Waals surface area (Å²) in [7, 11) is -3.49. The van der Waals surface area contributed by atoms with Crippen LogP contribution in [0.15, 0.2) is 32.0 Å². The first kappa shape index (κ1) is 16.4. The topological polar surface area (TPSA) is 57.6 Å². The minimum Gasteiger partial charge on any atom is -0.396 e. The predicted octanol–water partition coefficient (Wildman–Crippen LogP) is 2.99. The van der Waals surface area contributed by atoms with Crippen molar-refractivity contribution in [3.05, 3.63) is 27.1 Å². The van der Waals surface area contributed by atoms with Crippen LogP contribution in [0.2, 0.25) is 0 Å². The van der Waals surface area contributed by atoms with E-state index in [1.807, 2.05) is 0 Å². The number of aliphatic hydroxyl groups excluding tert-OH is 1. The molecule has 0 amide bonds. The molecule has 1 atom stereocenters. The van der Waals surface area contributed by atoms with Crippen molar-refractivity contribution >= 4 is 41.9 Å². The second-order valence-electron chi connectivity index (χ2n) is 4.96. The molecule has 1 aliphatic heterocycles. The molecule has 1 fully saturated rings. The van der Waals surface area contributed by atoms with Gasteiger partial charge in [0.05, 0.1) is 4.90 Å². The van der Waals surface area contributed by atoms with E-state index in [1.165, 1.54) is 4.31 Å². The summed E-state index contributed by atoms with van der Waals surface area (Å²) < 4.78 is 28.3. The fourth-order valence-electron chi connectivity index (χ4n) is 2.48. The highest BCUT2D eigenvalue weighted by atomic mass is 79.9. The Bertz CT molecular complexity index is 575. The van der Waals surface area contributed by atoms with Crippen LogP contribution in [0.5, 0.6) is 0 Å². The molecule has 1 N–H and O–H groups in total. The van der Waals surface area contributed by atoms with Crippen LogP contribution in [0.3, 0.4) is 0 Å². The second-order valence-corrected chi connectivity index (χ2v) is 8.63. The highest BCUT2D eigenvalue weighted by Gasteiger charge is 2.31. The molecular formula is C13H17Br2NO3S. The maximum absolute atomic E-state index is 12.7. The van der Waals surface area contributed by atoms with Crippen molar-refractivity contribution in [1.82, 2.24) is 4.31 Å². The molecule has 0 saturated carbocycles. The summed E-state index contributed by atoms with van der Waals surface area (Å²) in [5.74, 6) is 0.245. The third kappa shape index (κ3) is 3.62. The molecule has 0 aliphatic carbocycles. The lowest BCUT2D eigenvalue weighted by molar-refractivity contribution is 0.203. The Morgan fingerprint density at radius 1 is 1.35 bits per heavy atom. The largest absolute Gasteiger partial charge is 0.396 e. The molecule has 112 valence electrons. The number of aliphatic hydroxyl groups is 1. The van der Waals surface area contributed by atoms with Gasteiger partial charge in [0.2, 0.25) is 10.0 Å². The van der Waals surface area contributed by atoms with Crippen molar-refractivity contribution in [3.63, 3.8) is 0 Å². The van der Waals surface area contributed by atoms with Gasteiger partial charge in [0.25, 0.3) is 0 Å². The number of halogens is 2. The second kappa shape index (κ2) is 6.87. The van der Waals surface area contributed by atoms with Crippen LogP contribution < -0.4 is 0 Å². The number of hydrogen-bond acceptors (Lipinski definition) is 3. The normalized spacial score (nSPS) is 21.1. The van der Waals surface area contributed by atoms with E-state index in [4.69, 9.17) is 5.11 Å². The van der Waals surface area contributed by atoms with E-state index < -0.39 is 10.0 Å². The lowest BCUT2D eigenvalue weighted by atomic mass is 9.97. The third-order valence-electron chi connectivity index (χ3n) is 3.53. The van der Waals surface area contributed by atoms with Crippen LogP contribution in [-0.4, -0.2) is 37.5 Å². The molecule has 1 unspecified atom stereocenters. The van der Waals surface area contributed by atoms with Crippen LogP contribution in [0.4, 0.5) is 0 Å². The summed E-state index contributed by atoms with van der Waals surface area (Å²) in [6.07, 6.45) is 2.48. The summed E-state index contributed by atoms with van der Waals surface area (Å²) in [6.45, 7) is 1.14. The maximum atomic E-state index is 12.7. The number of nitrogens with zero attached hydrogens (tertiary/aromatic N) is 1. The van der Waals surface area contributed by atoms with Gasteiger partial charge in [-0.1, -0.05) is 15.9 Å². The van der Waals surface area contributed by atoms with E-state index in [1.54, 1.807) is 18.2 Å². The summed E-state index contributed by atoms with van der Waals surface area (Å²) in [6, 6.07) is 5.15. The Balaban J connectivity index is 2.27. The molecule has 1 aromatic rings. The van der Waals surface area contributed by atoms with Crippen molar-refractivity contribution in [2.75, 3.05) is 19.7 Å². The highest BCUT2D eigenvalue weighted by molar-refractivity contribution is 9.11. The smallest absolute Gasteiger partial charge is 0.244 e. The third-order valence-corrected chi connectivity index (χ3v) is 6.88. The van der Waals surface area contributed by atoms with Crippen LogP contribution in [0, 0.1) is 5.92 Å². The van der Waals surface area contributed by atoms with Gasteiger partial charge in [-0.05, 0) is 59.3 Å². The van der Waals surface area contributed by atoms with Gasteiger partial charge in [-0.3, -0.25) is 0 Å². The zero-order valence-electron chi connectivity index (χ0n) is 10.9. The SMILES string of the molecule is O=S(=O)(c1cc(Br)ccc1Br)N1CCCC(CCO)C1. The van der Waals surface area contributed by atoms with E-state index >= 15 is 0 Å². The van der Waals surface area contributed by atoms with E-state index in [9.17, 15) is 8.42 Å². The highest BCUT2D eigenvalue weighted by Crippen LogP contribution is 2.31. The first-order valence-corrected chi connectivity index (χ1v) is 9.54. The van der Waals surface area contributed by atoms with Crippen molar-refractivity contribution < 1.29 is 13.5 Å². The molecule has 1 heterocycles. The number of sulfonamides is 1. The van der Waals surface area contributed by atoms with E-state index in [0.29, 0.717) is 24.0 Å². The van der Waals surface area contributed by atoms with Gasteiger partial charge in [0.1, 0.15) is 0 Å². The number of piperidine rings is 1. The Kier molecular flexibility index (Phi) is 5.64. The first-order valence-electron chi connectivity index (χ1n) is 6.51. The van der Waals surface area contributed by atoms with Crippen LogP contribution >= 0.6 is 31.9 Å². The van der Waals surface area contributed by atoms with Gasteiger partial charge in [-0.2, -0.15) is 4.31 Å². The zero-order chi connectivity index (χ0) is 14.8. The Hall–Kier alpha value is 0.0500. The van der Waals surface area contributed by atoms with Gasteiger partial charge >= 0.3 is 0 Å². The monoisotopic (exact) mass is 425 g/mol. The van der Waals surface area contributed by atoms with Gasteiger partial charge in [0, 0.05) is 28.6 Å². The van der Waals surface area contributed by atoms with E-state index in [-0.39, 0.29) is 17.4 Å². The molecule has 0 bridgehead atoms. The molecule has 1 saturated heterocycles. The van der Waals surface area contributed by atoms with Gasteiger partial charge in [-0.15, -0.1) is 0 Å². The van der Waals surface area contributed by atoms with Crippen molar-refractivity contribution in [2.24, 2.45) is 5.92 Å². The number of rotatable bonds is 4. The molecule has 4 nitrogen and oxygen atoms in total. The molecule has 1 aromatic carbocycles. The minimum absolute atomic E-state index is 0.110. The first-order chi connectivity index (χ1) is 9.45. The van der Waals surface area contributed by atoms with Gasteiger partial charge in [-0.25, -0.2) is 8.42 Å². The molecule has 0 aromatic heterocycles. The Morgan fingerprint density at radius 3 is 2.80 bits per heavy atom. The molecule has 20 heavy (non-hydrogen) atoms. The zero-order valence-corrected chi connectivity index (χ0v) is 14.9. The lowest BCUT2D eigenvalue weighted by Crippen LogP contribution is -2.40. The number of hydrogen-bond donors (Lipinski definition) is 1. The molecule has 0 radical (unpaired) electrons. The summed E-state index contributed by atoms with van der Waals surface area (Å²) in [5.41, 5.74) is 0. The standard InChI is InChI=1S/C13H17Br2NO3S/c14-11-3-4-12(15)13(8-11)20(18,19)16-6-1-2-10(9-16)5-7-17/h3-4,8,10,17H,1-2,5-7,9H2. The summed E-state index contributed by atoms with van der Waals surface area (Å²) in [5, 5.41) is 9.02. The Morgan fingerprint density at radius 2 is 2.10 bits per heavy atom. The quantitative estimate of drug-likeness (QED) is 0.804. The maximum Gasteiger partial charge on any atom is 0.244 e. The Labute approximate surface area is 136 Å². The van der Waals surface area contributed by atoms with Gasteiger partial charge < -0.3 is 5.11 Å². The summed E-state index contributed by atoms with van der Waals surface area (Å²) >= 11 is 6.62. The average Bonchev–Trinajstić information content (AvgIpc) is 2.42. The molecule has 0 spiro atoms. The van der Waals surface area contributed by atoms with E-state index in [2.05, 4.69) is 31.9 Å².